The molecule has 1 unspecified atom stereocenters. The van der Waals surface area contributed by atoms with Crippen molar-refractivity contribution in [3.63, 3.8) is 0 Å². The molecule has 0 spiro atoms. The average molecular weight is 371 g/mol. The maximum Gasteiger partial charge on any atom is 0.209 e. The molecule has 2 heterocycles. The number of thioether (sulfide) groups is 2. The highest BCUT2D eigenvalue weighted by Gasteiger charge is 2.18. The normalized spacial score (nSPS) is 17.7. The zero-order valence-corrected chi connectivity index (χ0v) is 15.1. The van der Waals surface area contributed by atoms with E-state index < -0.39 is 0 Å². The zero-order chi connectivity index (χ0) is 15.9. The Morgan fingerprint density at radius 2 is 2.13 bits per heavy atom. The molecule has 0 bridgehead atoms. The van der Waals surface area contributed by atoms with E-state index in [1.54, 1.807) is 23.5 Å². The molecule has 1 aromatic heterocycles. The van der Waals surface area contributed by atoms with Crippen LogP contribution in [0.25, 0.3) is 0 Å². The van der Waals surface area contributed by atoms with E-state index in [-0.39, 0.29) is 6.10 Å². The summed E-state index contributed by atoms with van der Waals surface area (Å²) in [5.41, 5.74) is 0. The fraction of sp³-hybridized carbons (Fsp3) is 0.533. The van der Waals surface area contributed by atoms with Crippen molar-refractivity contribution in [2.45, 2.75) is 42.0 Å². The summed E-state index contributed by atoms with van der Waals surface area (Å²) in [6.07, 6.45) is 3.56. The molecule has 3 rings (SSSR count). The van der Waals surface area contributed by atoms with E-state index in [2.05, 4.69) is 21.6 Å². The zero-order valence-electron chi connectivity index (χ0n) is 12.7. The van der Waals surface area contributed by atoms with Crippen molar-refractivity contribution < 1.29 is 4.74 Å². The summed E-state index contributed by atoms with van der Waals surface area (Å²) < 4.78 is 7.51. The second kappa shape index (κ2) is 8.92. The van der Waals surface area contributed by atoms with Crippen LogP contribution in [0.1, 0.15) is 19.3 Å². The SMILES string of the molecule is Clc1ccccc1SCCCSc1nnnn1CC1CCCO1. The van der Waals surface area contributed by atoms with Gasteiger partial charge in [-0.3, -0.25) is 0 Å². The number of ether oxygens (including phenoxy) is 1. The fourth-order valence-corrected chi connectivity index (χ4v) is 4.56. The van der Waals surface area contributed by atoms with Crippen LogP contribution >= 0.6 is 35.1 Å². The van der Waals surface area contributed by atoms with Gasteiger partial charge in [0.1, 0.15) is 0 Å². The molecule has 0 aliphatic carbocycles. The molecule has 0 amide bonds. The van der Waals surface area contributed by atoms with Crippen LogP contribution in [0, 0.1) is 0 Å². The van der Waals surface area contributed by atoms with Gasteiger partial charge in [-0.15, -0.1) is 16.9 Å². The van der Waals surface area contributed by atoms with Gasteiger partial charge in [0.05, 0.1) is 17.7 Å². The Balaban J connectivity index is 1.39. The van der Waals surface area contributed by atoms with Gasteiger partial charge < -0.3 is 4.74 Å². The van der Waals surface area contributed by atoms with E-state index in [0.29, 0.717) is 0 Å². The highest BCUT2D eigenvalue weighted by Crippen LogP contribution is 2.27. The van der Waals surface area contributed by atoms with Gasteiger partial charge in [-0.05, 0) is 47.6 Å². The molecule has 1 aliphatic heterocycles. The lowest BCUT2D eigenvalue weighted by Crippen LogP contribution is -2.16. The van der Waals surface area contributed by atoms with Gasteiger partial charge >= 0.3 is 0 Å². The van der Waals surface area contributed by atoms with Crippen LogP contribution in [0.5, 0.6) is 0 Å². The predicted octanol–water partition coefficient (Wildman–Crippen LogP) is 3.78. The van der Waals surface area contributed by atoms with Gasteiger partial charge in [-0.2, -0.15) is 0 Å². The molecule has 1 atom stereocenters. The third kappa shape index (κ3) is 5.11. The van der Waals surface area contributed by atoms with Crippen LogP contribution in [0.2, 0.25) is 5.02 Å². The Hall–Kier alpha value is -0.760. The van der Waals surface area contributed by atoms with Gasteiger partial charge in [0, 0.05) is 17.3 Å². The maximum absolute atomic E-state index is 6.15. The quantitative estimate of drug-likeness (QED) is 0.520. The Labute approximate surface area is 149 Å². The van der Waals surface area contributed by atoms with Crippen molar-refractivity contribution in [3.05, 3.63) is 29.3 Å². The van der Waals surface area contributed by atoms with Crippen LogP contribution in [0.3, 0.4) is 0 Å². The van der Waals surface area contributed by atoms with E-state index in [4.69, 9.17) is 16.3 Å². The Bertz CT molecular complexity index is 619. The molecule has 0 radical (unpaired) electrons. The lowest BCUT2D eigenvalue weighted by molar-refractivity contribution is 0.0912. The monoisotopic (exact) mass is 370 g/mol. The van der Waals surface area contributed by atoms with E-state index in [9.17, 15) is 0 Å². The second-order valence-corrected chi connectivity index (χ2v) is 7.87. The largest absolute Gasteiger partial charge is 0.376 e. The molecule has 124 valence electrons. The van der Waals surface area contributed by atoms with Gasteiger partial charge in [-0.1, -0.05) is 35.5 Å². The molecule has 1 saturated heterocycles. The van der Waals surface area contributed by atoms with Crippen LogP contribution in [-0.4, -0.2) is 44.4 Å². The van der Waals surface area contributed by atoms with Crippen LogP contribution in [-0.2, 0) is 11.3 Å². The summed E-state index contributed by atoms with van der Waals surface area (Å²) in [6, 6.07) is 7.96. The predicted molar refractivity (Wildman–Crippen MR) is 94.3 cm³/mol. The van der Waals surface area contributed by atoms with Crippen molar-refractivity contribution in [3.8, 4) is 0 Å². The third-order valence-corrected chi connectivity index (χ3v) is 6.16. The lowest BCUT2D eigenvalue weighted by atomic mass is 10.2. The smallest absolute Gasteiger partial charge is 0.209 e. The summed E-state index contributed by atoms with van der Waals surface area (Å²) in [7, 11) is 0. The van der Waals surface area contributed by atoms with Gasteiger partial charge in [0.15, 0.2) is 0 Å². The Morgan fingerprint density at radius 1 is 1.26 bits per heavy atom. The summed E-state index contributed by atoms with van der Waals surface area (Å²) in [4.78, 5) is 1.14. The van der Waals surface area contributed by atoms with Gasteiger partial charge in [-0.25, -0.2) is 4.68 Å². The van der Waals surface area contributed by atoms with Crippen LogP contribution < -0.4 is 0 Å². The maximum atomic E-state index is 6.15. The molecule has 2 aromatic rings. The molecular formula is C15H19ClN4OS2. The van der Waals surface area contributed by atoms with Crippen LogP contribution in [0.15, 0.2) is 34.3 Å². The number of aromatic nitrogens is 4. The first-order chi connectivity index (χ1) is 11.3. The van der Waals surface area contributed by atoms with Gasteiger partial charge in [0.25, 0.3) is 0 Å². The van der Waals surface area contributed by atoms with E-state index >= 15 is 0 Å². The molecule has 8 heteroatoms. The molecule has 23 heavy (non-hydrogen) atoms. The lowest BCUT2D eigenvalue weighted by Gasteiger charge is -2.09. The number of hydrogen-bond acceptors (Lipinski definition) is 6. The van der Waals surface area contributed by atoms with Gasteiger partial charge in [0.2, 0.25) is 5.16 Å². The third-order valence-electron chi connectivity index (χ3n) is 3.51. The fourth-order valence-electron chi connectivity index (χ4n) is 2.36. The molecular weight excluding hydrogens is 352 g/mol. The molecule has 1 aliphatic rings. The highest BCUT2D eigenvalue weighted by molar-refractivity contribution is 8.00. The topological polar surface area (TPSA) is 52.8 Å². The van der Waals surface area contributed by atoms with Crippen molar-refractivity contribution in [2.75, 3.05) is 18.1 Å². The number of hydrogen-bond donors (Lipinski definition) is 0. The molecule has 1 fully saturated rings. The number of halogens is 1. The van der Waals surface area contributed by atoms with Crippen molar-refractivity contribution in [1.29, 1.82) is 0 Å². The number of tetrazole rings is 1. The van der Waals surface area contributed by atoms with Crippen molar-refractivity contribution >= 4 is 35.1 Å². The number of rotatable bonds is 8. The minimum absolute atomic E-state index is 0.258. The standard InChI is InChI=1S/C15H19ClN4OS2/c16-13-6-1-2-7-14(13)22-9-4-10-23-15-17-18-19-20(15)11-12-5-3-8-21-12/h1-2,6-7,12H,3-5,8-11H2. The Morgan fingerprint density at radius 3 is 2.96 bits per heavy atom. The molecule has 0 saturated carbocycles. The van der Waals surface area contributed by atoms with E-state index in [1.165, 1.54) is 0 Å². The summed E-state index contributed by atoms with van der Waals surface area (Å²) in [6.45, 7) is 1.61. The molecule has 5 nitrogen and oxygen atoms in total. The number of nitrogens with zero attached hydrogens (tertiary/aromatic N) is 4. The molecule has 0 N–H and O–H groups in total. The van der Waals surface area contributed by atoms with E-state index in [0.717, 1.165) is 59.0 Å². The van der Waals surface area contributed by atoms with Crippen LogP contribution in [0.4, 0.5) is 0 Å². The molecule has 1 aromatic carbocycles. The van der Waals surface area contributed by atoms with E-state index in [1.807, 2.05) is 22.9 Å². The first-order valence-corrected chi connectivity index (χ1v) is 10.1. The minimum Gasteiger partial charge on any atom is -0.376 e. The number of benzene rings is 1. The summed E-state index contributed by atoms with van der Waals surface area (Å²) in [5, 5.41) is 13.7. The summed E-state index contributed by atoms with van der Waals surface area (Å²) in [5.74, 6) is 2.02. The highest BCUT2D eigenvalue weighted by atomic mass is 35.5. The Kier molecular flexibility index (Phi) is 6.62. The average Bonchev–Trinajstić information content (AvgIpc) is 3.21. The summed E-state index contributed by atoms with van der Waals surface area (Å²) >= 11 is 9.64. The first-order valence-electron chi connectivity index (χ1n) is 7.71. The van der Waals surface area contributed by atoms with Crippen molar-refractivity contribution in [1.82, 2.24) is 20.2 Å². The van der Waals surface area contributed by atoms with Crippen molar-refractivity contribution in [2.24, 2.45) is 0 Å². The second-order valence-electron chi connectivity index (χ2n) is 5.26. The minimum atomic E-state index is 0.258. The first kappa shape index (κ1) is 17.1.